The summed E-state index contributed by atoms with van der Waals surface area (Å²) in [5.74, 6) is 0.244. The molecular formula is C11H11ClFNO2. The third-order valence-corrected chi connectivity index (χ3v) is 2.66. The highest BCUT2D eigenvalue weighted by Gasteiger charge is 2.31. The summed E-state index contributed by atoms with van der Waals surface area (Å²) in [7, 11) is 0. The van der Waals surface area contributed by atoms with Crippen LogP contribution >= 0.6 is 11.6 Å². The molecule has 1 aromatic carbocycles. The lowest BCUT2D eigenvalue weighted by molar-refractivity contribution is -0.137. The van der Waals surface area contributed by atoms with Gasteiger partial charge in [-0.25, -0.2) is 4.39 Å². The lowest BCUT2D eigenvalue weighted by Crippen LogP contribution is -2.56. The molecule has 0 unspecified atom stereocenters. The third-order valence-electron chi connectivity index (χ3n) is 2.43. The molecule has 5 heteroatoms. The molecule has 1 aliphatic heterocycles. The first-order valence-corrected chi connectivity index (χ1v) is 5.48. The molecule has 0 spiro atoms. The molecule has 0 radical (unpaired) electrons. The molecule has 1 saturated heterocycles. The summed E-state index contributed by atoms with van der Waals surface area (Å²) >= 11 is 5.41. The normalized spacial score (nSPS) is 15.8. The van der Waals surface area contributed by atoms with E-state index in [2.05, 4.69) is 0 Å². The maximum atomic E-state index is 12.6. The van der Waals surface area contributed by atoms with Gasteiger partial charge in [0, 0.05) is 0 Å². The quantitative estimate of drug-likeness (QED) is 0.756. The Balaban J connectivity index is 1.81. The van der Waals surface area contributed by atoms with E-state index in [1.54, 1.807) is 17.0 Å². The molecule has 1 aliphatic rings. The van der Waals surface area contributed by atoms with Gasteiger partial charge in [0.2, 0.25) is 5.91 Å². The standard InChI is InChI=1S/C11H11ClFNO2/c12-5-11(15)14-6-10(7-14)16-9-3-1-8(13)2-4-9/h1-4,10H,5-7H2. The van der Waals surface area contributed by atoms with Crippen molar-refractivity contribution in [3.8, 4) is 5.75 Å². The van der Waals surface area contributed by atoms with Crippen LogP contribution in [0.15, 0.2) is 24.3 Å². The predicted octanol–water partition coefficient (Wildman–Crippen LogP) is 1.65. The van der Waals surface area contributed by atoms with Crippen LogP contribution in [0, 0.1) is 5.82 Å². The largest absolute Gasteiger partial charge is 0.487 e. The van der Waals surface area contributed by atoms with Crippen molar-refractivity contribution in [3.63, 3.8) is 0 Å². The summed E-state index contributed by atoms with van der Waals surface area (Å²) in [5.41, 5.74) is 0. The van der Waals surface area contributed by atoms with Crippen LogP contribution in [0.4, 0.5) is 4.39 Å². The number of hydrogen-bond acceptors (Lipinski definition) is 2. The van der Waals surface area contributed by atoms with Gasteiger partial charge in [-0.05, 0) is 24.3 Å². The highest BCUT2D eigenvalue weighted by molar-refractivity contribution is 6.27. The number of carbonyl (C=O) groups excluding carboxylic acids is 1. The lowest BCUT2D eigenvalue weighted by Gasteiger charge is -2.38. The zero-order valence-electron chi connectivity index (χ0n) is 8.53. The Hall–Kier alpha value is -1.29. The highest BCUT2D eigenvalue weighted by Crippen LogP contribution is 2.18. The van der Waals surface area contributed by atoms with Crippen molar-refractivity contribution in [1.29, 1.82) is 0 Å². The number of halogens is 2. The van der Waals surface area contributed by atoms with Gasteiger partial charge in [-0.3, -0.25) is 4.79 Å². The van der Waals surface area contributed by atoms with Crippen LogP contribution in [0.2, 0.25) is 0 Å². The Labute approximate surface area is 97.8 Å². The number of benzene rings is 1. The fourth-order valence-electron chi connectivity index (χ4n) is 1.51. The molecule has 0 bridgehead atoms. The minimum absolute atomic E-state index is 0.00324. The van der Waals surface area contributed by atoms with E-state index in [4.69, 9.17) is 16.3 Å². The maximum Gasteiger partial charge on any atom is 0.237 e. The Kier molecular flexibility index (Phi) is 3.29. The summed E-state index contributed by atoms with van der Waals surface area (Å²) in [6, 6.07) is 5.83. The van der Waals surface area contributed by atoms with Gasteiger partial charge in [0.05, 0.1) is 13.1 Å². The van der Waals surface area contributed by atoms with Gasteiger partial charge in [0.15, 0.2) is 0 Å². The van der Waals surface area contributed by atoms with E-state index in [-0.39, 0.29) is 23.7 Å². The van der Waals surface area contributed by atoms with E-state index >= 15 is 0 Å². The minimum Gasteiger partial charge on any atom is -0.487 e. The van der Waals surface area contributed by atoms with Gasteiger partial charge in [-0.2, -0.15) is 0 Å². The molecule has 0 aliphatic carbocycles. The van der Waals surface area contributed by atoms with E-state index in [1.165, 1.54) is 12.1 Å². The second-order valence-corrected chi connectivity index (χ2v) is 3.89. The summed E-state index contributed by atoms with van der Waals surface area (Å²) in [6.07, 6.45) is -0.0161. The smallest absolute Gasteiger partial charge is 0.237 e. The van der Waals surface area contributed by atoms with Crippen molar-refractivity contribution in [2.24, 2.45) is 0 Å². The zero-order chi connectivity index (χ0) is 11.5. The van der Waals surface area contributed by atoms with Gasteiger partial charge < -0.3 is 9.64 Å². The first-order valence-electron chi connectivity index (χ1n) is 4.95. The van der Waals surface area contributed by atoms with Crippen molar-refractivity contribution in [3.05, 3.63) is 30.1 Å². The minimum atomic E-state index is -0.292. The van der Waals surface area contributed by atoms with E-state index in [0.717, 1.165) is 0 Å². The number of likely N-dealkylation sites (tertiary alicyclic amines) is 1. The summed E-state index contributed by atoms with van der Waals surface area (Å²) in [4.78, 5) is 12.8. The Morgan fingerprint density at radius 2 is 2.06 bits per heavy atom. The van der Waals surface area contributed by atoms with Crippen LogP contribution < -0.4 is 4.74 Å². The average Bonchev–Trinajstić information content (AvgIpc) is 2.24. The average molecular weight is 244 g/mol. The molecule has 1 amide bonds. The number of ether oxygens (including phenoxy) is 1. The monoisotopic (exact) mass is 243 g/mol. The van der Waals surface area contributed by atoms with Crippen LogP contribution in [0.1, 0.15) is 0 Å². The van der Waals surface area contributed by atoms with Gasteiger partial charge in [0.25, 0.3) is 0 Å². The summed E-state index contributed by atoms with van der Waals surface area (Å²) < 4.78 is 18.1. The second kappa shape index (κ2) is 4.70. The summed E-state index contributed by atoms with van der Waals surface area (Å²) in [6.45, 7) is 1.09. The fraction of sp³-hybridized carbons (Fsp3) is 0.364. The first-order chi connectivity index (χ1) is 7.69. The molecule has 3 nitrogen and oxygen atoms in total. The lowest BCUT2D eigenvalue weighted by atomic mass is 10.1. The molecule has 0 N–H and O–H groups in total. The molecule has 0 aromatic heterocycles. The molecule has 2 rings (SSSR count). The summed E-state index contributed by atoms with van der Waals surface area (Å²) in [5, 5.41) is 0. The number of amides is 1. The fourth-order valence-corrected chi connectivity index (χ4v) is 1.68. The van der Waals surface area contributed by atoms with Crippen molar-refractivity contribution in [1.82, 2.24) is 4.90 Å². The van der Waals surface area contributed by atoms with Gasteiger partial charge in [0.1, 0.15) is 23.6 Å². The van der Waals surface area contributed by atoms with Crippen molar-refractivity contribution in [2.75, 3.05) is 19.0 Å². The van der Waals surface area contributed by atoms with Crippen LogP contribution in [0.3, 0.4) is 0 Å². The first kappa shape index (κ1) is 11.2. The van der Waals surface area contributed by atoms with Crippen molar-refractivity contribution < 1.29 is 13.9 Å². The maximum absolute atomic E-state index is 12.6. The van der Waals surface area contributed by atoms with Gasteiger partial charge in [-0.1, -0.05) is 0 Å². The Bertz CT molecular complexity index is 376. The second-order valence-electron chi connectivity index (χ2n) is 3.63. The zero-order valence-corrected chi connectivity index (χ0v) is 9.28. The van der Waals surface area contributed by atoms with E-state index in [0.29, 0.717) is 18.8 Å². The van der Waals surface area contributed by atoms with Gasteiger partial charge >= 0.3 is 0 Å². The number of rotatable bonds is 3. The predicted molar refractivity (Wildman–Crippen MR) is 58.1 cm³/mol. The Morgan fingerprint density at radius 3 is 2.62 bits per heavy atom. The third kappa shape index (κ3) is 2.44. The van der Waals surface area contributed by atoms with Crippen molar-refractivity contribution in [2.45, 2.75) is 6.10 Å². The molecule has 16 heavy (non-hydrogen) atoms. The topological polar surface area (TPSA) is 29.5 Å². The molecule has 1 fully saturated rings. The molecule has 1 aromatic rings. The number of alkyl halides is 1. The number of hydrogen-bond donors (Lipinski definition) is 0. The molecule has 86 valence electrons. The molecular weight excluding hydrogens is 233 g/mol. The molecule has 1 heterocycles. The van der Waals surface area contributed by atoms with Crippen molar-refractivity contribution >= 4 is 17.5 Å². The SMILES string of the molecule is O=C(CCl)N1CC(Oc2ccc(F)cc2)C1. The number of nitrogens with zero attached hydrogens (tertiary/aromatic N) is 1. The van der Waals surface area contributed by atoms with Gasteiger partial charge in [-0.15, -0.1) is 11.6 Å². The van der Waals surface area contributed by atoms with E-state index < -0.39 is 0 Å². The Morgan fingerprint density at radius 1 is 1.44 bits per heavy atom. The molecule has 0 atom stereocenters. The van der Waals surface area contributed by atoms with Crippen LogP contribution in [-0.4, -0.2) is 35.9 Å². The van der Waals surface area contributed by atoms with Crippen LogP contribution in [0.5, 0.6) is 5.75 Å². The van der Waals surface area contributed by atoms with E-state index in [1.807, 2.05) is 0 Å². The van der Waals surface area contributed by atoms with Crippen LogP contribution in [-0.2, 0) is 4.79 Å². The van der Waals surface area contributed by atoms with E-state index in [9.17, 15) is 9.18 Å². The number of carbonyl (C=O) groups is 1. The highest BCUT2D eigenvalue weighted by atomic mass is 35.5. The van der Waals surface area contributed by atoms with Crippen LogP contribution in [0.25, 0.3) is 0 Å². The molecule has 0 saturated carbocycles.